The Bertz CT molecular complexity index is 607. The van der Waals surface area contributed by atoms with Crippen LogP contribution in [0.1, 0.15) is 11.1 Å². The largest absolute Gasteiger partial charge is 0.324 e. The van der Waals surface area contributed by atoms with Gasteiger partial charge in [0.1, 0.15) is 0 Å². The highest BCUT2D eigenvalue weighted by Gasteiger charge is 2.04. The van der Waals surface area contributed by atoms with E-state index >= 15 is 0 Å². The number of nitrogens with zero attached hydrogens (tertiary/aromatic N) is 1. The molecule has 0 aliphatic rings. The van der Waals surface area contributed by atoms with Crippen molar-refractivity contribution in [2.45, 2.75) is 13.8 Å². The Balaban J connectivity index is 2.35. The molecular weight excluding hydrogens is 238 g/mol. The van der Waals surface area contributed by atoms with E-state index < -0.39 is 0 Å². The first-order chi connectivity index (χ1) is 8.08. The summed E-state index contributed by atoms with van der Waals surface area (Å²) < 4.78 is 0. The topological polar surface area (TPSA) is 57.8 Å². The fourth-order valence-electron chi connectivity index (χ4n) is 1.39. The second-order valence-electron chi connectivity index (χ2n) is 3.81. The van der Waals surface area contributed by atoms with E-state index in [1.165, 1.54) is 6.20 Å². The molecule has 0 spiro atoms. The molecule has 0 radical (unpaired) electrons. The molecule has 2 N–H and O–H groups in total. The fourth-order valence-corrected chi connectivity index (χ4v) is 1.57. The lowest BCUT2D eigenvalue weighted by atomic mass is 10.2. The first-order valence-corrected chi connectivity index (χ1v) is 5.54. The number of hydrogen-bond donors (Lipinski definition) is 2. The summed E-state index contributed by atoms with van der Waals surface area (Å²) in [5, 5.41) is 3.60. The summed E-state index contributed by atoms with van der Waals surface area (Å²) in [4.78, 5) is 18.1. The number of nitrogens with one attached hydrogen (secondary N) is 2. The molecule has 0 atom stereocenters. The lowest BCUT2D eigenvalue weighted by molar-refractivity contribution is 1.08. The maximum Gasteiger partial charge on any atom is 0.255 e. The van der Waals surface area contributed by atoms with Crippen molar-refractivity contribution in [3.63, 3.8) is 0 Å². The summed E-state index contributed by atoms with van der Waals surface area (Å²) in [6.07, 6.45) is 1.52. The van der Waals surface area contributed by atoms with Gasteiger partial charge in [-0.05, 0) is 25.5 Å². The average molecular weight is 250 g/mol. The van der Waals surface area contributed by atoms with Crippen molar-refractivity contribution < 1.29 is 0 Å². The number of rotatable bonds is 2. The highest BCUT2D eigenvalue weighted by Crippen LogP contribution is 2.26. The minimum Gasteiger partial charge on any atom is -0.324 e. The molecular formula is C12H12ClN3O. The summed E-state index contributed by atoms with van der Waals surface area (Å²) in [5.74, 6) is 0.383. The van der Waals surface area contributed by atoms with Crippen LogP contribution in [-0.2, 0) is 0 Å². The number of aromatic amines is 1. The first-order valence-electron chi connectivity index (χ1n) is 5.16. The molecule has 4 nitrogen and oxygen atoms in total. The van der Waals surface area contributed by atoms with E-state index in [0.717, 1.165) is 11.3 Å². The van der Waals surface area contributed by atoms with Crippen molar-refractivity contribution in [2.75, 3.05) is 5.32 Å². The van der Waals surface area contributed by atoms with Crippen LogP contribution in [0, 0.1) is 13.8 Å². The van der Waals surface area contributed by atoms with Crippen molar-refractivity contribution in [1.82, 2.24) is 9.97 Å². The Labute approximate surface area is 104 Å². The number of anilines is 2. The molecule has 0 unspecified atom stereocenters. The van der Waals surface area contributed by atoms with Gasteiger partial charge in [-0.25, -0.2) is 4.98 Å². The molecule has 17 heavy (non-hydrogen) atoms. The summed E-state index contributed by atoms with van der Waals surface area (Å²) in [5.41, 5.74) is 2.10. The highest BCUT2D eigenvalue weighted by molar-refractivity contribution is 6.34. The smallest absolute Gasteiger partial charge is 0.255 e. The van der Waals surface area contributed by atoms with Crippen LogP contribution in [0.2, 0.25) is 5.02 Å². The molecule has 0 fully saturated rings. The van der Waals surface area contributed by atoms with Crippen molar-refractivity contribution >= 4 is 23.2 Å². The minimum absolute atomic E-state index is 0.161. The summed E-state index contributed by atoms with van der Waals surface area (Å²) in [6.45, 7) is 3.62. The van der Waals surface area contributed by atoms with E-state index in [-0.39, 0.29) is 5.56 Å². The Morgan fingerprint density at radius 1 is 1.29 bits per heavy atom. The molecule has 88 valence electrons. The highest BCUT2D eigenvalue weighted by atomic mass is 35.5. The predicted octanol–water partition coefficient (Wildman–Crippen LogP) is 2.78. The molecule has 0 bridgehead atoms. The molecule has 2 rings (SSSR count). The maximum atomic E-state index is 11.4. The van der Waals surface area contributed by atoms with Gasteiger partial charge < -0.3 is 5.32 Å². The minimum atomic E-state index is -0.161. The Morgan fingerprint density at radius 2 is 2.06 bits per heavy atom. The Hall–Kier alpha value is -1.81. The Kier molecular flexibility index (Phi) is 3.15. The van der Waals surface area contributed by atoms with Crippen molar-refractivity contribution in [3.05, 3.63) is 50.9 Å². The van der Waals surface area contributed by atoms with E-state index in [1.54, 1.807) is 6.92 Å². The van der Waals surface area contributed by atoms with Gasteiger partial charge in [-0.3, -0.25) is 9.78 Å². The third-order valence-corrected chi connectivity index (χ3v) is 2.92. The van der Waals surface area contributed by atoms with E-state index in [2.05, 4.69) is 15.3 Å². The number of halogens is 1. The SMILES string of the molecule is Cc1cccc(Nc2ncc(C)c(=O)[nH]2)c1Cl. The van der Waals surface area contributed by atoms with Crippen LogP contribution in [0.3, 0.4) is 0 Å². The van der Waals surface area contributed by atoms with Crippen LogP contribution < -0.4 is 10.9 Å². The normalized spacial score (nSPS) is 10.3. The monoisotopic (exact) mass is 249 g/mol. The number of benzene rings is 1. The summed E-state index contributed by atoms with van der Waals surface area (Å²) >= 11 is 6.13. The second kappa shape index (κ2) is 4.59. The van der Waals surface area contributed by atoms with Crippen LogP contribution in [0.5, 0.6) is 0 Å². The number of aryl methyl sites for hydroxylation is 2. The molecule has 2 aromatic rings. The summed E-state index contributed by atoms with van der Waals surface area (Å²) in [7, 11) is 0. The zero-order chi connectivity index (χ0) is 12.4. The molecule has 5 heteroatoms. The average Bonchev–Trinajstić information content (AvgIpc) is 2.30. The van der Waals surface area contributed by atoms with Gasteiger partial charge in [-0.15, -0.1) is 0 Å². The standard InChI is InChI=1S/C12H12ClN3O/c1-7-4-3-5-9(10(7)13)15-12-14-6-8(2)11(17)16-12/h3-6H,1-2H3,(H2,14,15,16,17). The van der Waals surface area contributed by atoms with Gasteiger partial charge in [-0.1, -0.05) is 23.7 Å². The molecule has 1 heterocycles. The van der Waals surface area contributed by atoms with Crippen molar-refractivity contribution in [2.24, 2.45) is 0 Å². The molecule has 0 saturated heterocycles. The van der Waals surface area contributed by atoms with Gasteiger partial charge in [0, 0.05) is 11.8 Å². The van der Waals surface area contributed by atoms with Crippen molar-refractivity contribution in [1.29, 1.82) is 0 Å². The second-order valence-corrected chi connectivity index (χ2v) is 4.18. The molecule has 0 aliphatic heterocycles. The van der Waals surface area contributed by atoms with Crippen LogP contribution in [-0.4, -0.2) is 9.97 Å². The quantitative estimate of drug-likeness (QED) is 0.861. The Morgan fingerprint density at radius 3 is 2.76 bits per heavy atom. The molecule has 1 aromatic carbocycles. The zero-order valence-electron chi connectivity index (χ0n) is 9.54. The fraction of sp³-hybridized carbons (Fsp3) is 0.167. The number of hydrogen-bond acceptors (Lipinski definition) is 3. The van der Waals surface area contributed by atoms with E-state index in [1.807, 2.05) is 25.1 Å². The molecule has 0 saturated carbocycles. The van der Waals surface area contributed by atoms with E-state index in [0.29, 0.717) is 16.5 Å². The van der Waals surface area contributed by atoms with Gasteiger partial charge >= 0.3 is 0 Å². The predicted molar refractivity (Wildman–Crippen MR) is 69.1 cm³/mol. The third kappa shape index (κ3) is 2.47. The van der Waals surface area contributed by atoms with Gasteiger partial charge in [0.15, 0.2) is 0 Å². The lowest BCUT2D eigenvalue weighted by Gasteiger charge is -2.08. The van der Waals surface area contributed by atoms with Gasteiger partial charge in [0.25, 0.3) is 5.56 Å². The lowest BCUT2D eigenvalue weighted by Crippen LogP contribution is -2.12. The molecule has 0 amide bonds. The molecule has 1 aromatic heterocycles. The third-order valence-electron chi connectivity index (χ3n) is 2.42. The summed E-state index contributed by atoms with van der Waals surface area (Å²) in [6, 6.07) is 5.63. The van der Waals surface area contributed by atoms with Gasteiger partial charge in [0.05, 0.1) is 10.7 Å². The van der Waals surface area contributed by atoms with E-state index in [4.69, 9.17) is 11.6 Å². The van der Waals surface area contributed by atoms with Crippen molar-refractivity contribution in [3.8, 4) is 0 Å². The van der Waals surface area contributed by atoms with Crippen LogP contribution >= 0.6 is 11.6 Å². The van der Waals surface area contributed by atoms with Crippen LogP contribution in [0.4, 0.5) is 11.6 Å². The first kappa shape index (κ1) is 11.7. The van der Waals surface area contributed by atoms with E-state index in [9.17, 15) is 4.79 Å². The maximum absolute atomic E-state index is 11.4. The van der Waals surface area contributed by atoms with Crippen LogP contribution in [0.15, 0.2) is 29.2 Å². The van der Waals surface area contributed by atoms with Gasteiger partial charge in [0.2, 0.25) is 5.95 Å². The van der Waals surface area contributed by atoms with Crippen LogP contribution in [0.25, 0.3) is 0 Å². The number of aromatic nitrogens is 2. The number of H-pyrrole nitrogens is 1. The zero-order valence-corrected chi connectivity index (χ0v) is 10.3. The van der Waals surface area contributed by atoms with Gasteiger partial charge in [-0.2, -0.15) is 0 Å². The molecule has 0 aliphatic carbocycles.